The van der Waals surface area contributed by atoms with E-state index in [9.17, 15) is 4.39 Å². The summed E-state index contributed by atoms with van der Waals surface area (Å²) in [6, 6.07) is 11.3. The van der Waals surface area contributed by atoms with Crippen LogP contribution in [0.25, 0.3) is 21.1 Å². The minimum Gasteiger partial charge on any atom is -0.370 e. The number of rotatable bonds is 6. The van der Waals surface area contributed by atoms with Gasteiger partial charge in [0.15, 0.2) is 0 Å². The zero-order valence-electron chi connectivity index (χ0n) is 17.2. The first-order valence-corrected chi connectivity index (χ1v) is 10.9. The summed E-state index contributed by atoms with van der Waals surface area (Å²) in [5.41, 5.74) is 7.56. The number of anilines is 3. The molecule has 3 aromatic heterocycles. The van der Waals surface area contributed by atoms with Crippen molar-refractivity contribution in [3.63, 3.8) is 0 Å². The first-order chi connectivity index (χ1) is 15.1. The fraction of sp³-hybridized carbons (Fsp3) is 0.174. The highest BCUT2D eigenvalue weighted by Crippen LogP contribution is 2.28. The summed E-state index contributed by atoms with van der Waals surface area (Å²) in [5.74, 6) is 1.23. The highest BCUT2D eigenvalue weighted by molar-refractivity contribution is 7.16. The molecule has 0 radical (unpaired) electrons. The van der Waals surface area contributed by atoms with Crippen LogP contribution in [0.4, 0.5) is 21.7 Å². The molecule has 0 bridgehead atoms. The Labute approximate surface area is 182 Å². The third kappa shape index (κ3) is 3.82. The van der Waals surface area contributed by atoms with Crippen LogP contribution in [-0.4, -0.2) is 26.5 Å². The Balaban J connectivity index is 1.29. The van der Waals surface area contributed by atoms with Gasteiger partial charge >= 0.3 is 0 Å². The van der Waals surface area contributed by atoms with Crippen LogP contribution in [0.5, 0.6) is 0 Å². The second-order valence-corrected chi connectivity index (χ2v) is 8.35. The summed E-state index contributed by atoms with van der Waals surface area (Å²) in [6.07, 6.45) is 2.29. The van der Waals surface area contributed by atoms with Gasteiger partial charge in [-0.15, -0.1) is 11.3 Å². The van der Waals surface area contributed by atoms with Crippen LogP contribution in [0.15, 0.2) is 48.2 Å². The maximum Gasteiger partial charge on any atom is 0.147 e. The van der Waals surface area contributed by atoms with Crippen molar-refractivity contribution >= 4 is 49.8 Å². The number of benzene rings is 2. The molecule has 5 aromatic rings. The number of thiazole rings is 1. The number of hydrogen-bond acceptors (Lipinski definition) is 6. The number of H-pyrrole nitrogens is 1. The summed E-state index contributed by atoms with van der Waals surface area (Å²) in [4.78, 5) is 16.1. The van der Waals surface area contributed by atoms with E-state index in [2.05, 4.69) is 36.6 Å². The molecule has 8 heteroatoms. The van der Waals surface area contributed by atoms with Crippen LogP contribution in [-0.2, 0) is 6.42 Å². The molecule has 3 N–H and O–H groups in total. The van der Waals surface area contributed by atoms with Crippen molar-refractivity contribution in [2.24, 2.45) is 0 Å². The fourth-order valence-corrected chi connectivity index (χ4v) is 4.59. The molecule has 156 valence electrons. The Hall–Kier alpha value is -3.52. The van der Waals surface area contributed by atoms with Crippen LogP contribution in [0.1, 0.15) is 16.8 Å². The monoisotopic (exact) mass is 432 g/mol. The van der Waals surface area contributed by atoms with Gasteiger partial charge in [0.25, 0.3) is 0 Å². The van der Waals surface area contributed by atoms with Crippen molar-refractivity contribution in [1.29, 1.82) is 0 Å². The van der Waals surface area contributed by atoms with E-state index in [4.69, 9.17) is 0 Å². The van der Waals surface area contributed by atoms with Gasteiger partial charge in [0, 0.05) is 29.4 Å². The largest absolute Gasteiger partial charge is 0.370 e. The Morgan fingerprint density at radius 2 is 1.90 bits per heavy atom. The van der Waals surface area contributed by atoms with Gasteiger partial charge in [0.1, 0.15) is 23.8 Å². The zero-order chi connectivity index (χ0) is 21.4. The van der Waals surface area contributed by atoms with Gasteiger partial charge in [-0.1, -0.05) is 6.07 Å². The van der Waals surface area contributed by atoms with Crippen LogP contribution in [0.3, 0.4) is 0 Å². The number of fused-ring (bicyclic) bond motifs is 2. The minimum absolute atomic E-state index is 0.217. The van der Waals surface area contributed by atoms with E-state index in [1.807, 2.05) is 43.6 Å². The number of aryl methyl sites for hydroxylation is 2. The molecule has 0 saturated heterocycles. The Bertz CT molecular complexity index is 1390. The molecule has 0 unspecified atom stereocenters. The number of nitrogens with one attached hydrogen (secondary N) is 3. The number of hydrogen-bond donors (Lipinski definition) is 3. The molecule has 0 fully saturated rings. The summed E-state index contributed by atoms with van der Waals surface area (Å²) < 4.78 is 15.3. The van der Waals surface area contributed by atoms with E-state index >= 15 is 0 Å². The summed E-state index contributed by atoms with van der Waals surface area (Å²) >= 11 is 1.61. The molecular formula is C23H21FN6S. The van der Waals surface area contributed by atoms with E-state index in [0.29, 0.717) is 17.9 Å². The van der Waals surface area contributed by atoms with Crippen LogP contribution >= 0.6 is 11.3 Å². The van der Waals surface area contributed by atoms with E-state index in [1.54, 1.807) is 11.3 Å². The highest BCUT2D eigenvalue weighted by atomic mass is 32.1. The van der Waals surface area contributed by atoms with Crippen molar-refractivity contribution in [3.05, 3.63) is 70.9 Å². The molecular weight excluding hydrogens is 411 g/mol. The standard InChI is InChI=1S/C23H21FN6S/c1-13-3-5-17(24)23-22(13)16(14(2)29-23)7-8-25-20-10-21(27-11-26-20)30-15-4-6-18-19(9-15)31-12-28-18/h3-6,9-12,29H,7-8H2,1-2H3,(H2,25,26,27,30). The average molecular weight is 433 g/mol. The number of nitrogens with zero attached hydrogens (tertiary/aromatic N) is 3. The molecule has 31 heavy (non-hydrogen) atoms. The molecule has 2 aromatic carbocycles. The molecule has 6 nitrogen and oxygen atoms in total. The first-order valence-electron chi connectivity index (χ1n) is 10.0. The van der Waals surface area contributed by atoms with Gasteiger partial charge in [-0.25, -0.2) is 19.3 Å². The molecule has 0 aliphatic carbocycles. The third-order valence-electron chi connectivity index (χ3n) is 5.38. The van der Waals surface area contributed by atoms with Crippen molar-refractivity contribution in [2.75, 3.05) is 17.2 Å². The average Bonchev–Trinajstić information content (AvgIpc) is 3.36. The van der Waals surface area contributed by atoms with Gasteiger partial charge in [-0.2, -0.15) is 0 Å². The number of aromatic amines is 1. The molecule has 0 atom stereocenters. The van der Waals surface area contributed by atoms with Crippen molar-refractivity contribution < 1.29 is 4.39 Å². The van der Waals surface area contributed by atoms with Crippen LogP contribution in [0, 0.1) is 19.7 Å². The Kier molecular flexibility index (Phi) is 4.99. The summed E-state index contributed by atoms with van der Waals surface area (Å²) in [7, 11) is 0. The van der Waals surface area contributed by atoms with Gasteiger partial charge in [0.05, 0.1) is 21.2 Å². The van der Waals surface area contributed by atoms with Gasteiger partial charge in [-0.3, -0.25) is 0 Å². The molecule has 0 aliphatic rings. The lowest BCUT2D eigenvalue weighted by atomic mass is 10.0. The lowest BCUT2D eigenvalue weighted by Gasteiger charge is -2.09. The maximum absolute atomic E-state index is 14.2. The van der Waals surface area contributed by atoms with Crippen molar-refractivity contribution in [2.45, 2.75) is 20.3 Å². The molecule has 0 amide bonds. The van der Waals surface area contributed by atoms with Gasteiger partial charge in [-0.05, 0) is 55.7 Å². The summed E-state index contributed by atoms with van der Waals surface area (Å²) in [5, 5.41) is 7.65. The van der Waals surface area contributed by atoms with Crippen LogP contribution in [0.2, 0.25) is 0 Å². The lowest BCUT2D eigenvalue weighted by Crippen LogP contribution is -2.07. The summed E-state index contributed by atoms with van der Waals surface area (Å²) in [6.45, 7) is 4.67. The predicted molar refractivity (Wildman–Crippen MR) is 125 cm³/mol. The second kappa shape index (κ2) is 7.96. The predicted octanol–water partition coefficient (Wildman–Crippen LogP) is 5.72. The minimum atomic E-state index is -0.217. The normalized spacial score (nSPS) is 11.3. The SMILES string of the molecule is Cc1[nH]c2c(F)ccc(C)c2c1CCNc1cc(Nc2ccc3ncsc3c2)ncn1. The molecule has 0 aliphatic heterocycles. The first kappa shape index (κ1) is 19.4. The van der Waals surface area contributed by atoms with Crippen molar-refractivity contribution in [3.8, 4) is 0 Å². The number of halogens is 1. The zero-order valence-corrected chi connectivity index (χ0v) is 18.0. The van der Waals surface area contributed by atoms with E-state index < -0.39 is 0 Å². The maximum atomic E-state index is 14.2. The lowest BCUT2D eigenvalue weighted by molar-refractivity contribution is 0.637. The smallest absolute Gasteiger partial charge is 0.147 e. The topological polar surface area (TPSA) is 78.5 Å². The van der Waals surface area contributed by atoms with Crippen molar-refractivity contribution in [1.82, 2.24) is 19.9 Å². The number of aromatic nitrogens is 4. The molecule has 3 heterocycles. The molecule has 5 rings (SSSR count). The van der Waals surface area contributed by atoms with Gasteiger partial charge < -0.3 is 15.6 Å². The fourth-order valence-electron chi connectivity index (χ4n) is 3.87. The highest BCUT2D eigenvalue weighted by Gasteiger charge is 2.13. The molecule has 0 saturated carbocycles. The third-order valence-corrected chi connectivity index (χ3v) is 6.17. The van der Waals surface area contributed by atoms with Crippen LogP contribution < -0.4 is 10.6 Å². The van der Waals surface area contributed by atoms with E-state index in [1.165, 1.54) is 12.4 Å². The Morgan fingerprint density at radius 3 is 2.81 bits per heavy atom. The van der Waals surface area contributed by atoms with E-state index in [-0.39, 0.29) is 5.82 Å². The van der Waals surface area contributed by atoms with Gasteiger partial charge in [0.2, 0.25) is 0 Å². The van der Waals surface area contributed by atoms with E-state index in [0.717, 1.165) is 50.3 Å². The quantitative estimate of drug-likeness (QED) is 0.320. The second-order valence-electron chi connectivity index (χ2n) is 7.47. The molecule has 0 spiro atoms. The Morgan fingerprint density at radius 1 is 1.03 bits per heavy atom.